The Bertz CT molecular complexity index is 594. The molecule has 0 aliphatic carbocycles. The van der Waals surface area contributed by atoms with Crippen molar-refractivity contribution in [3.8, 4) is 11.5 Å². The van der Waals surface area contributed by atoms with Crippen molar-refractivity contribution in [2.75, 3.05) is 13.2 Å². The van der Waals surface area contributed by atoms with E-state index in [2.05, 4.69) is 5.32 Å². The van der Waals surface area contributed by atoms with Crippen LogP contribution in [0, 0.1) is 0 Å². The van der Waals surface area contributed by atoms with Gasteiger partial charge in [0.1, 0.15) is 30.8 Å². The van der Waals surface area contributed by atoms with Crippen LogP contribution >= 0.6 is 0 Å². The van der Waals surface area contributed by atoms with Crippen LogP contribution in [0.25, 0.3) is 0 Å². The normalized spacial score (nSPS) is 18.8. The molecule has 0 bridgehead atoms. The molecule has 3 rings (SSSR count). The van der Waals surface area contributed by atoms with Gasteiger partial charge in [-0.05, 0) is 49.2 Å². The second kappa shape index (κ2) is 8.71. The molecule has 1 saturated heterocycles. The molecule has 0 radical (unpaired) electrons. The highest BCUT2D eigenvalue weighted by molar-refractivity contribution is 5.31. The van der Waals surface area contributed by atoms with Crippen molar-refractivity contribution < 1.29 is 14.6 Å². The SMILES string of the molecule is O[C@H](COc1ccc(OCc2ccccc2)cc1)[C@H]1CCCCN1. The standard InChI is InChI=1S/C20H25NO3/c22-20(19-8-4-5-13-21-19)15-24-18-11-9-17(10-12-18)23-14-16-6-2-1-3-7-16/h1-3,6-7,9-12,19-22H,4-5,8,13-15H2/t19-,20-/m1/s1. The number of hydrogen-bond acceptors (Lipinski definition) is 4. The number of rotatable bonds is 7. The lowest BCUT2D eigenvalue weighted by molar-refractivity contribution is 0.0639. The molecule has 0 aromatic heterocycles. The summed E-state index contributed by atoms with van der Waals surface area (Å²) in [5.41, 5.74) is 1.14. The van der Waals surface area contributed by atoms with Crippen LogP contribution < -0.4 is 14.8 Å². The first-order valence-corrected chi connectivity index (χ1v) is 8.62. The van der Waals surface area contributed by atoms with E-state index in [1.807, 2.05) is 54.6 Å². The third-order valence-corrected chi connectivity index (χ3v) is 4.31. The Kier molecular flexibility index (Phi) is 6.10. The van der Waals surface area contributed by atoms with Gasteiger partial charge in [0.15, 0.2) is 0 Å². The Hall–Kier alpha value is -2.04. The Morgan fingerprint density at radius 1 is 0.958 bits per heavy atom. The third kappa shape index (κ3) is 4.98. The highest BCUT2D eigenvalue weighted by atomic mass is 16.5. The molecule has 1 fully saturated rings. The first-order valence-electron chi connectivity index (χ1n) is 8.62. The zero-order chi connectivity index (χ0) is 16.6. The second-order valence-corrected chi connectivity index (χ2v) is 6.18. The number of aliphatic hydroxyl groups is 1. The van der Waals surface area contributed by atoms with Crippen molar-refractivity contribution in [3.63, 3.8) is 0 Å². The first-order chi connectivity index (χ1) is 11.8. The van der Waals surface area contributed by atoms with E-state index in [1.165, 1.54) is 12.8 Å². The van der Waals surface area contributed by atoms with E-state index >= 15 is 0 Å². The average molecular weight is 327 g/mol. The number of ether oxygens (including phenoxy) is 2. The van der Waals surface area contributed by atoms with Crippen molar-refractivity contribution in [2.45, 2.75) is 38.0 Å². The molecule has 2 aromatic carbocycles. The van der Waals surface area contributed by atoms with E-state index in [0.717, 1.165) is 30.0 Å². The van der Waals surface area contributed by atoms with E-state index in [4.69, 9.17) is 9.47 Å². The summed E-state index contributed by atoms with van der Waals surface area (Å²) in [5, 5.41) is 13.5. The number of hydrogen-bond donors (Lipinski definition) is 2. The monoisotopic (exact) mass is 327 g/mol. The van der Waals surface area contributed by atoms with Crippen molar-refractivity contribution >= 4 is 0 Å². The van der Waals surface area contributed by atoms with Crippen LogP contribution in [0.4, 0.5) is 0 Å². The highest BCUT2D eigenvalue weighted by Crippen LogP contribution is 2.19. The summed E-state index contributed by atoms with van der Waals surface area (Å²) in [4.78, 5) is 0. The van der Waals surface area contributed by atoms with E-state index in [1.54, 1.807) is 0 Å². The number of nitrogens with one attached hydrogen (secondary N) is 1. The molecule has 1 heterocycles. The summed E-state index contributed by atoms with van der Waals surface area (Å²) in [7, 11) is 0. The van der Waals surface area contributed by atoms with Gasteiger partial charge in [-0.2, -0.15) is 0 Å². The van der Waals surface area contributed by atoms with Crippen molar-refractivity contribution in [1.29, 1.82) is 0 Å². The van der Waals surface area contributed by atoms with Crippen LogP contribution in [0.1, 0.15) is 24.8 Å². The van der Waals surface area contributed by atoms with Gasteiger partial charge in [-0.3, -0.25) is 0 Å². The Morgan fingerprint density at radius 3 is 2.33 bits per heavy atom. The average Bonchev–Trinajstić information content (AvgIpc) is 2.67. The molecule has 4 heteroatoms. The smallest absolute Gasteiger partial charge is 0.120 e. The Morgan fingerprint density at radius 2 is 1.67 bits per heavy atom. The summed E-state index contributed by atoms with van der Waals surface area (Å²) in [6, 6.07) is 17.8. The maximum absolute atomic E-state index is 10.2. The molecular formula is C20H25NO3. The lowest BCUT2D eigenvalue weighted by Crippen LogP contribution is -2.45. The minimum atomic E-state index is -0.473. The van der Waals surface area contributed by atoms with Gasteiger partial charge in [0.2, 0.25) is 0 Å². The maximum atomic E-state index is 10.2. The molecule has 1 aliphatic rings. The maximum Gasteiger partial charge on any atom is 0.120 e. The molecule has 0 unspecified atom stereocenters. The molecular weight excluding hydrogens is 302 g/mol. The molecule has 0 saturated carbocycles. The number of benzene rings is 2. The second-order valence-electron chi connectivity index (χ2n) is 6.18. The van der Waals surface area contributed by atoms with E-state index < -0.39 is 6.10 Å². The van der Waals surface area contributed by atoms with Crippen LogP contribution in [0.2, 0.25) is 0 Å². The number of piperidine rings is 1. The quantitative estimate of drug-likeness (QED) is 0.820. The minimum Gasteiger partial charge on any atom is -0.491 e. The molecule has 0 amide bonds. The molecule has 0 spiro atoms. The molecule has 2 N–H and O–H groups in total. The van der Waals surface area contributed by atoms with E-state index in [0.29, 0.717) is 13.2 Å². The molecule has 24 heavy (non-hydrogen) atoms. The summed E-state index contributed by atoms with van der Waals surface area (Å²) < 4.78 is 11.4. The van der Waals surface area contributed by atoms with Gasteiger partial charge in [0.05, 0.1) is 0 Å². The lowest BCUT2D eigenvalue weighted by atomic mass is 10.0. The predicted octanol–water partition coefficient (Wildman–Crippen LogP) is 3.15. The fraction of sp³-hybridized carbons (Fsp3) is 0.400. The number of aliphatic hydroxyl groups excluding tert-OH is 1. The zero-order valence-electron chi connectivity index (χ0n) is 13.9. The van der Waals surface area contributed by atoms with Gasteiger partial charge < -0.3 is 19.9 Å². The predicted molar refractivity (Wildman–Crippen MR) is 94.4 cm³/mol. The summed E-state index contributed by atoms with van der Waals surface area (Å²) in [6.07, 6.45) is 2.90. The van der Waals surface area contributed by atoms with Crippen LogP contribution in [-0.4, -0.2) is 30.4 Å². The summed E-state index contributed by atoms with van der Waals surface area (Å²) >= 11 is 0. The van der Waals surface area contributed by atoms with Crippen LogP contribution in [-0.2, 0) is 6.61 Å². The first kappa shape index (κ1) is 16.8. The van der Waals surface area contributed by atoms with Gasteiger partial charge in [-0.15, -0.1) is 0 Å². The Labute approximate surface area is 143 Å². The topological polar surface area (TPSA) is 50.7 Å². The van der Waals surface area contributed by atoms with Gasteiger partial charge >= 0.3 is 0 Å². The van der Waals surface area contributed by atoms with Crippen LogP contribution in [0.3, 0.4) is 0 Å². The minimum absolute atomic E-state index is 0.146. The summed E-state index contributed by atoms with van der Waals surface area (Å²) in [5.74, 6) is 1.55. The van der Waals surface area contributed by atoms with Crippen LogP contribution in [0.15, 0.2) is 54.6 Å². The van der Waals surface area contributed by atoms with Gasteiger partial charge in [-0.25, -0.2) is 0 Å². The van der Waals surface area contributed by atoms with Gasteiger partial charge in [-0.1, -0.05) is 36.8 Å². The van der Waals surface area contributed by atoms with Crippen molar-refractivity contribution in [1.82, 2.24) is 5.32 Å². The molecule has 2 aromatic rings. The lowest BCUT2D eigenvalue weighted by Gasteiger charge is -2.27. The highest BCUT2D eigenvalue weighted by Gasteiger charge is 2.21. The molecule has 2 atom stereocenters. The van der Waals surface area contributed by atoms with Crippen LogP contribution in [0.5, 0.6) is 11.5 Å². The fourth-order valence-corrected chi connectivity index (χ4v) is 2.88. The Balaban J connectivity index is 1.44. The van der Waals surface area contributed by atoms with Crippen molar-refractivity contribution in [3.05, 3.63) is 60.2 Å². The fourth-order valence-electron chi connectivity index (χ4n) is 2.88. The van der Waals surface area contributed by atoms with Gasteiger partial charge in [0, 0.05) is 6.04 Å². The van der Waals surface area contributed by atoms with Crippen molar-refractivity contribution in [2.24, 2.45) is 0 Å². The summed E-state index contributed by atoms with van der Waals surface area (Å²) in [6.45, 7) is 1.84. The molecule has 1 aliphatic heterocycles. The third-order valence-electron chi connectivity index (χ3n) is 4.31. The zero-order valence-corrected chi connectivity index (χ0v) is 13.9. The van der Waals surface area contributed by atoms with E-state index in [-0.39, 0.29) is 6.04 Å². The largest absolute Gasteiger partial charge is 0.491 e. The van der Waals surface area contributed by atoms with Gasteiger partial charge in [0.25, 0.3) is 0 Å². The van der Waals surface area contributed by atoms with E-state index in [9.17, 15) is 5.11 Å². The molecule has 4 nitrogen and oxygen atoms in total. The molecule has 128 valence electrons.